The van der Waals surface area contributed by atoms with Gasteiger partial charge in [0, 0.05) is 17.3 Å². The topological polar surface area (TPSA) is 81.7 Å². The fourth-order valence-electron chi connectivity index (χ4n) is 2.25. The molecule has 6 nitrogen and oxygen atoms in total. The number of hydrogen-bond acceptors (Lipinski definition) is 5. The lowest BCUT2D eigenvalue weighted by molar-refractivity contribution is -0.148. The molecule has 2 aromatic carbocycles. The molecule has 0 aromatic heterocycles. The third-order valence-electron chi connectivity index (χ3n) is 3.81. The molecule has 1 atom stereocenters. The van der Waals surface area contributed by atoms with Crippen molar-refractivity contribution in [1.82, 2.24) is 0 Å². The number of nitrogens with one attached hydrogen (secondary N) is 1. The Morgan fingerprint density at radius 3 is 2.36 bits per heavy atom. The Balaban J connectivity index is 1.91. The van der Waals surface area contributed by atoms with Crippen LogP contribution in [0.3, 0.4) is 0 Å². The highest BCUT2D eigenvalue weighted by atomic mass is 19.1. The number of esters is 1. The fourth-order valence-corrected chi connectivity index (χ4v) is 2.25. The second-order valence-corrected chi connectivity index (χ2v) is 5.93. The quantitative estimate of drug-likeness (QED) is 0.447. The molecule has 0 fully saturated rings. The van der Waals surface area contributed by atoms with Crippen LogP contribution in [-0.4, -0.2) is 30.9 Å². The van der Waals surface area contributed by atoms with Gasteiger partial charge in [-0.15, -0.1) is 0 Å². The van der Waals surface area contributed by atoms with Crippen molar-refractivity contribution in [3.05, 3.63) is 65.5 Å². The summed E-state index contributed by atoms with van der Waals surface area (Å²) in [6.45, 7) is 2.88. The van der Waals surface area contributed by atoms with E-state index in [9.17, 15) is 18.8 Å². The molecule has 0 aliphatic rings. The molecule has 0 radical (unpaired) electrons. The minimum Gasteiger partial charge on any atom is -0.494 e. The molecule has 0 bridgehead atoms. The zero-order valence-corrected chi connectivity index (χ0v) is 15.7. The van der Waals surface area contributed by atoms with E-state index in [1.54, 1.807) is 30.3 Å². The number of Topliss-reactive ketones (excluding diaryl/α,β-unsaturated/α-hetero) is 1. The Labute approximate surface area is 162 Å². The molecular formula is C21H20FNO5. The van der Waals surface area contributed by atoms with Gasteiger partial charge in [-0.25, -0.2) is 9.18 Å². The van der Waals surface area contributed by atoms with Gasteiger partial charge in [0.2, 0.25) is 0 Å². The first-order valence-electron chi connectivity index (χ1n) is 8.44. The Hall–Kier alpha value is -3.48. The van der Waals surface area contributed by atoms with E-state index in [-0.39, 0.29) is 11.5 Å². The number of carbonyl (C=O) groups excluding carboxylic acids is 3. The van der Waals surface area contributed by atoms with E-state index in [0.717, 1.165) is 6.08 Å². The van der Waals surface area contributed by atoms with Crippen molar-refractivity contribution in [2.75, 3.05) is 12.4 Å². The molecule has 2 rings (SSSR count). The van der Waals surface area contributed by atoms with Crippen LogP contribution in [-0.2, 0) is 14.3 Å². The van der Waals surface area contributed by atoms with Crippen LogP contribution < -0.4 is 10.1 Å². The average molecular weight is 385 g/mol. The van der Waals surface area contributed by atoms with Gasteiger partial charge in [0.15, 0.2) is 23.5 Å². The van der Waals surface area contributed by atoms with Crippen LogP contribution in [0, 0.1) is 5.82 Å². The van der Waals surface area contributed by atoms with Crippen molar-refractivity contribution in [2.45, 2.75) is 20.0 Å². The summed E-state index contributed by atoms with van der Waals surface area (Å²) in [7, 11) is 1.36. The fraction of sp³-hybridized carbons (Fsp3) is 0.190. The second-order valence-electron chi connectivity index (χ2n) is 5.93. The second kappa shape index (κ2) is 9.45. The smallest absolute Gasteiger partial charge is 0.331 e. The van der Waals surface area contributed by atoms with Crippen molar-refractivity contribution in [1.29, 1.82) is 0 Å². The number of carbonyl (C=O) groups is 3. The molecule has 0 heterocycles. The third-order valence-corrected chi connectivity index (χ3v) is 3.81. The van der Waals surface area contributed by atoms with Crippen LogP contribution in [0.5, 0.6) is 5.75 Å². The van der Waals surface area contributed by atoms with Crippen molar-refractivity contribution < 1.29 is 28.2 Å². The Bertz CT molecular complexity index is 906. The number of halogens is 1. The van der Waals surface area contributed by atoms with Gasteiger partial charge >= 0.3 is 5.97 Å². The lowest BCUT2D eigenvalue weighted by Crippen LogP contribution is -2.29. The number of amides is 1. The van der Waals surface area contributed by atoms with Crippen molar-refractivity contribution in [2.24, 2.45) is 0 Å². The summed E-state index contributed by atoms with van der Waals surface area (Å²) in [5.74, 6) is -1.80. The van der Waals surface area contributed by atoms with E-state index in [1.165, 1.54) is 39.2 Å². The van der Waals surface area contributed by atoms with E-state index in [1.807, 2.05) is 0 Å². The Morgan fingerprint density at radius 1 is 1.11 bits per heavy atom. The molecular weight excluding hydrogens is 365 g/mol. The van der Waals surface area contributed by atoms with E-state index >= 15 is 0 Å². The minimum atomic E-state index is -1.04. The van der Waals surface area contributed by atoms with Crippen LogP contribution in [0.25, 0.3) is 6.08 Å². The highest BCUT2D eigenvalue weighted by Gasteiger charge is 2.16. The molecule has 1 amide bonds. The number of hydrogen-bond donors (Lipinski definition) is 1. The Morgan fingerprint density at radius 2 is 1.79 bits per heavy atom. The van der Waals surface area contributed by atoms with Gasteiger partial charge in [0.05, 0.1) is 7.11 Å². The average Bonchev–Trinajstić information content (AvgIpc) is 2.66. The highest BCUT2D eigenvalue weighted by Crippen LogP contribution is 2.18. The van der Waals surface area contributed by atoms with Gasteiger partial charge in [-0.1, -0.05) is 6.07 Å². The van der Waals surface area contributed by atoms with E-state index in [2.05, 4.69) is 5.32 Å². The SMILES string of the molecule is COc1ccc(/C=C/C(=O)O[C@H](C)C(=O)Nc2ccc(C(C)=O)cc2)cc1F. The van der Waals surface area contributed by atoms with Crippen LogP contribution in [0.4, 0.5) is 10.1 Å². The monoisotopic (exact) mass is 385 g/mol. The molecule has 0 aliphatic carbocycles. The van der Waals surface area contributed by atoms with Gasteiger partial charge in [-0.3, -0.25) is 9.59 Å². The number of rotatable bonds is 7. The first-order valence-corrected chi connectivity index (χ1v) is 8.44. The summed E-state index contributed by atoms with van der Waals surface area (Å²) in [4.78, 5) is 35.2. The van der Waals surface area contributed by atoms with Crippen LogP contribution in [0.1, 0.15) is 29.8 Å². The number of benzene rings is 2. The molecule has 7 heteroatoms. The highest BCUT2D eigenvalue weighted by molar-refractivity contribution is 5.98. The summed E-state index contributed by atoms with van der Waals surface area (Å²) in [6, 6.07) is 10.6. The summed E-state index contributed by atoms with van der Waals surface area (Å²) < 4.78 is 23.5. The first kappa shape index (κ1) is 20.8. The molecule has 0 unspecified atom stereocenters. The maximum Gasteiger partial charge on any atom is 0.331 e. The summed E-state index contributed by atoms with van der Waals surface area (Å²) >= 11 is 0. The zero-order chi connectivity index (χ0) is 20.7. The molecule has 1 N–H and O–H groups in total. The number of ketones is 1. The number of ether oxygens (including phenoxy) is 2. The van der Waals surface area contributed by atoms with Gasteiger partial charge in [-0.2, -0.15) is 0 Å². The molecule has 28 heavy (non-hydrogen) atoms. The van der Waals surface area contributed by atoms with E-state index in [0.29, 0.717) is 16.8 Å². The van der Waals surface area contributed by atoms with Crippen molar-refractivity contribution >= 4 is 29.4 Å². The Kier molecular flexibility index (Phi) is 7.03. The predicted molar refractivity (Wildman–Crippen MR) is 103 cm³/mol. The standard InChI is InChI=1S/C21H20FNO5/c1-13(24)16-6-8-17(9-7-16)23-21(26)14(2)28-20(25)11-5-15-4-10-19(27-3)18(22)12-15/h4-12,14H,1-3H3,(H,23,26)/b11-5+/t14-/m1/s1. The summed E-state index contributed by atoms with van der Waals surface area (Å²) in [5.41, 5.74) is 1.44. The number of anilines is 1. The third kappa shape index (κ3) is 5.77. The van der Waals surface area contributed by atoms with Crippen molar-refractivity contribution in [3.63, 3.8) is 0 Å². The molecule has 0 spiro atoms. The van der Waals surface area contributed by atoms with Gasteiger partial charge in [-0.05, 0) is 61.9 Å². The predicted octanol–water partition coefficient (Wildman–Crippen LogP) is 3.62. The van der Waals surface area contributed by atoms with Gasteiger partial charge < -0.3 is 14.8 Å². The normalized spacial score (nSPS) is 11.7. The maximum absolute atomic E-state index is 13.6. The van der Waals surface area contributed by atoms with Crippen molar-refractivity contribution in [3.8, 4) is 5.75 Å². The summed E-state index contributed by atoms with van der Waals surface area (Å²) in [5, 5.41) is 2.59. The lowest BCUT2D eigenvalue weighted by Gasteiger charge is -2.12. The first-order chi connectivity index (χ1) is 13.3. The summed E-state index contributed by atoms with van der Waals surface area (Å²) in [6.07, 6.45) is 1.43. The van der Waals surface area contributed by atoms with Crippen LogP contribution >= 0.6 is 0 Å². The molecule has 0 saturated heterocycles. The lowest BCUT2D eigenvalue weighted by atomic mass is 10.1. The van der Waals surface area contributed by atoms with E-state index < -0.39 is 23.8 Å². The minimum absolute atomic E-state index is 0.0799. The van der Waals surface area contributed by atoms with Gasteiger partial charge in [0.1, 0.15) is 0 Å². The van der Waals surface area contributed by atoms with E-state index in [4.69, 9.17) is 9.47 Å². The zero-order valence-electron chi connectivity index (χ0n) is 15.7. The molecule has 146 valence electrons. The largest absolute Gasteiger partial charge is 0.494 e. The molecule has 0 saturated carbocycles. The van der Waals surface area contributed by atoms with Gasteiger partial charge in [0.25, 0.3) is 5.91 Å². The maximum atomic E-state index is 13.6. The molecule has 2 aromatic rings. The van der Waals surface area contributed by atoms with Crippen LogP contribution in [0.2, 0.25) is 0 Å². The molecule has 0 aliphatic heterocycles. The van der Waals surface area contributed by atoms with Crippen LogP contribution in [0.15, 0.2) is 48.5 Å². The number of methoxy groups -OCH3 is 1.